The van der Waals surface area contributed by atoms with Crippen LogP contribution in [0.1, 0.15) is 5.56 Å². The Balaban J connectivity index is 2.80. The van der Waals surface area contributed by atoms with Crippen LogP contribution >= 0.6 is 0 Å². The minimum absolute atomic E-state index is 0.0508. The number of carboxylic acid groups (broad SMARTS) is 1. The lowest BCUT2D eigenvalue weighted by atomic mass is 10.1. The van der Waals surface area contributed by atoms with Crippen molar-refractivity contribution in [3.8, 4) is 0 Å². The van der Waals surface area contributed by atoms with E-state index < -0.39 is 36.3 Å². The fourth-order valence-electron chi connectivity index (χ4n) is 1.24. The van der Waals surface area contributed by atoms with E-state index in [1.807, 2.05) is 0 Å². The van der Waals surface area contributed by atoms with Crippen LogP contribution in [0.3, 0.4) is 0 Å². The highest BCUT2D eigenvalue weighted by Gasteiger charge is 2.40. The SMILES string of the molecule is O=C(O)C(Cc1cncc(F)c1)NC(=O)C(F)(F)F. The summed E-state index contributed by atoms with van der Waals surface area (Å²) in [7, 11) is 0. The van der Waals surface area contributed by atoms with E-state index in [4.69, 9.17) is 5.11 Å². The Morgan fingerprint density at radius 1 is 1.37 bits per heavy atom. The van der Waals surface area contributed by atoms with Crippen LogP contribution in [0.5, 0.6) is 0 Å². The molecule has 19 heavy (non-hydrogen) atoms. The Bertz CT molecular complexity index is 490. The summed E-state index contributed by atoms with van der Waals surface area (Å²) in [6, 6.07) is -0.902. The van der Waals surface area contributed by atoms with E-state index >= 15 is 0 Å². The molecule has 0 bridgehead atoms. The molecule has 0 saturated heterocycles. The van der Waals surface area contributed by atoms with Crippen molar-refractivity contribution in [2.45, 2.75) is 18.6 Å². The molecule has 9 heteroatoms. The van der Waals surface area contributed by atoms with E-state index in [1.165, 1.54) is 5.32 Å². The number of amides is 1. The standard InChI is InChI=1S/C10H8F4N2O3/c11-6-1-5(3-15-4-6)2-7(8(17)18)16-9(19)10(12,13)14/h1,3-4,7H,2H2,(H,16,19)(H,17,18). The maximum absolute atomic E-state index is 12.8. The Labute approximate surface area is 104 Å². The molecule has 0 aliphatic carbocycles. The van der Waals surface area contributed by atoms with Crippen LogP contribution in [0.4, 0.5) is 17.6 Å². The minimum atomic E-state index is -5.19. The summed E-state index contributed by atoms with van der Waals surface area (Å²) in [6.45, 7) is 0. The fourth-order valence-corrected chi connectivity index (χ4v) is 1.24. The molecule has 0 aliphatic heterocycles. The summed E-state index contributed by atoms with van der Waals surface area (Å²) in [5.74, 6) is -4.80. The molecular weight excluding hydrogens is 272 g/mol. The average Bonchev–Trinajstić information content (AvgIpc) is 2.26. The van der Waals surface area contributed by atoms with Gasteiger partial charge in [-0.1, -0.05) is 0 Å². The van der Waals surface area contributed by atoms with Crippen molar-refractivity contribution in [2.24, 2.45) is 0 Å². The Hall–Kier alpha value is -2.19. The monoisotopic (exact) mass is 280 g/mol. The first-order valence-corrected chi connectivity index (χ1v) is 4.90. The number of aromatic nitrogens is 1. The van der Waals surface area contributed by atoms with Gasteiger partial charge < -0.3 is 10.4 Å². The van der Waals surface area contributed by atoms with E-state index in [0.717, 1.165) is 18.5 Å². The van der Waals surface area contributed by atoms with Crippen LogP contribution in [0.15, 0.2) is 18.5 Å². The van der Waals surface area contributed by atoms with Gasteiger partial charge in [0, 0.05) is 12.6 Å². The summed E-state index contributed by atoms with van der Waals surface area (Å²) >= 11 is 0. The third-order valence-corrected chi connectivity index (χ3v) is 2.06. The van der Waals surface area contributed by atoms with Gasteiger partial charge >= 0.3 is 18.1 Å². The number of aliphatic carboxylic acids is 1. The summed E-state index contributed by atoms with van der Waals surface area (Å²) in [4.78, 5) is 24.8. The summed E-state index contributed by atoms with van der Waals surface area (Å²) < 4.78 is 48.8. The lowest BCUT2D eigenvalue weighted by molar-refractivity contribution is -0.175. The van der Waals surface area contributed by atoms with Crippen LogP contribution in [0.2, 0.25) is 0 Å². The maximum atomic E-state index is 12.8. The van der Waals surface area contributed by atoms with Crippen molar-refractivity contribution in [3.63, 3.8) is 0 Å². The van der Waals surface area contributed by atoms with Crippen LogP contribution in [-0.2, 0) is 16.0 Å². The van der Waals surface area contributed by atoms with Crippen LogP contribution in [-0.4, -0.2) is 34.2 Å². The van der Waals surface area contributed by atoms with Gasteiger partial charge in [-0.05, 0) is 11.6 Å². The molecule has 1 amide bonds. The van der Waals surface area contributed by atoms with Gasteiger partial charge in [-0.15, -0.1) is 0 Å². The third-order valence-electron chi connectivity index (χ3n) is 2.06. The molecule has 1 aromatic heterocycles. The highest BCUT2D eigenvalue weighted by molar-refractivity contribution is 5.87. The number of alkyl halides is 3. The van der Waals surface area contributed by atoms with Crippen molar-refractivity contribution >= 4 is 11.9 Å². The normalized spacial score (nSPS) is 12.8. The van der Waals surface area contributed by atoms with E-state index in [2.05, 4.69) is 4.98 Å². The van der Waals surface area contributed by atoms with Gasteiger partial charge in [0.15, 0.2) is 0 Å². The van der Waals surface area contributed by atoms with E-state index in [9.17, 15) is 27.2 Å². The number of carboxylic acids is 1. The molecular formula is C10H8F4N2O3. The average molecular weight is 280 g/mol. The molecule has 2 N–H and O–H groups in total. The molecule has 0 spiro atoms. The maximum Gasteiger partial charge on any atom is 0.471 e. The summed E-state index contributed by atoms with van der Waals surface area (Å²) in [6.07, 6.45) is -3.75. The van der Waals surface area contributed by atoms with Gasteiger partial charge in [-0.2, -0.15) is 13.2 Å². The molecule has 0 fully saturated rings. The summed E-state index contributed by atoms with van der Waals surface area (Å²) in [5, 5.41) is 10.0. The second kappa shape index (κ2) is 5.63. The lowest BCUT2D eigenvalue weighted by Gasteiger charge is -2.15. The van der Waals surface area contributed by atoms with Gasteiger partial charge in [0.1, 0.15) is 11.9 Å². The first-order valence-electron chi connectivity index (χ1n) is 4.90. The number of pyridine rings is 1. The van der Waals surface area contributed by atoms with Crippen molar-refractivity contribution in [1.29, 1.82) is 0 Å². The molecule has 104 valence electrons. The van der Waals surface area contributed by atoms with Crippen molar-refractivity contribution in [3.05, 3.63) is 29.8 Å². The molecule has 1 rings (SSSR count). The van der Waals surface area contributed by atoms with E-state index in [1.54, 1.807) is 0 Å². The van der Waals surface area contributed by atoms with Gasteiger partial charge in [0.2, 0.25) is 0 Å². The molecule has 1 aromatic rings. The topological polar surface area (TPSA) is 79.3 Å². The molecule has 5 nitrogen and oxygen atoms in total. The first kappa shape index (κ1) is 14.9. The molecule has 1 unspecified atom stereocenters. The second-order valence-corrected chi connectivity index (χ2v) is 3.58. The Morgan fingerprint density at radius 3 is 2.47 bits per heavy atom. The number of carbonyl (C=O) groups excluding carboxylic acids is 1. The number of hydrogen-bond donors (Lipinski definition) is 2. The quantitative estimate of drug-likeness (QED) is 0.803. The van der Waals surface area contributed by atoms with E-state index in [-0.39, 0.29) is 5.56 Å². The van der Waals surface area contributed by atoms with Gasteiger partial charge in [0.05, 0.1) is 6.20 Å². The third kappa shape index (κ3) is 4.53. The number of nitrogens with one attached hydrogen (secondary N) is 1. The van der Waals surface area contributed by atoms with Crippen molar-refractivity contribution in [1.82, 2.24) is 10.3 Å². The zero-order chi connectivity index (χ0) is 14.6. The molecule has 1 atom stereocenters. The van der Waals surface area contributed by atoms with Gasteiger partial charge in [-0.25, -0.2) is 9.18 Å². The number of nitrogens with zero attached hydrogens (tertiary/aromatic N) is 1. The number of halogens is 4. The largest absolute Gasteiger partial charge is 0.480 e. The number of rotatable bonds is 4. The van der Waals surface area contributed by atoms with Crippen LogP contribution in [0.25, 0.3) is 0 Å². The lowest BCUT2D eigenvalue weighted by Crippen LogP contribution is -2.47. The van der Waals surface area contributed by atoms with Gasteiger partial charge in [-0.3, -0.25) is 9.78 Å². The van der Waals surface area contributed by atoms with Gasteiger partial charge in [0.25, 0.3) is 0 Å². The van der Waals surface area contributed by atoms with Crippen molar-refractivity contribution < 1.29 is 32.3 Å². The van der Waals surface area contributed by atoms with Crippen LogP contribution < -0.4 is 5.32 Å². The molecule has 0 saturated carbocycles. The predicted octanol–water partition coefficient (Wildman–Crippen LogP) is 0.895. The number of carbonyl (C=O) groups is 2. The molecule has 0 aromatic carbocycles. The molecule has 0 radical (unpaired) electrons. The zero-order valence-electron chi connectivity index (χ0n) is 9.24. The Kier molecular flexibility index (Phi) is 4.41. The minimum Gasteiger partial charge on any atom is -0.480 e. The van der Waals surface area contributed by atoms with E-state index in [0.29, 0.717) is 0 Å². The molecule has 0 aliphatic rings. The second-order valence-electron chi connectivity index (χ2n) is 3.58. The first-order chi connectivity index (χ1) is 8.70. The van der Waals surface area contributed by atoms with Crippen LogP contribution in [0, 0.1) is 5.82 Å². The zero-order valence-corrected chi connectivity index (χ0v) is 9.24. The highest BCUT2D eigenvalue weighted by atomic mass is 19.4. The fraction of sp³-hybridized carbons (Fsp3) is 0.300. The summed E-state index contributed by atoms with van der Waals surface area (Å²) in [5.41, 5.74) is 0.0508. The Morgan fingerprint density at radius 2 is 2.00 bits per heavy atom. The number of hydrogen-bond acceptors (Lipinski definition) is 3. The smallest absolute Gasteiger partial charge is 0.471 e. The highest BCUT2D eigenvalue weighted by Crippen LogP contribution is 2.15. The molecule has 1 heterocycles. The predicted molar refractivity (Wildman–Crippen MR) is 53.5 cm³/mol. The van der Waals surface area contributed by atoms with Crippen molar-refractivity contribution in [2.75, 3.05) is 0 Å².